The van der Waals surface area contributed by atoms with Crippen LogP contribution in [0, 0.1) is 5.92 Å². The summed E-state index contributed by atoms with van der Waals surface area (Å²) >= 11 is 5.96. The van der Waals surface area contributed by atoms with Crippen LogP contribution in [0.1, 0.15) is 25.3 Å². The van der Waals surface area contributed by atoms with Crippen LogP contribution < -0.4 is 10.1 Å². The molecule has 0 spiro atoms. The summed E-state index contributed by atoms with van der Waals surface area (Å²) in [5.41, 5.74) is 0.885. The predicted octanol–water partition coefficient (Wildman–Crippen LogP) is 2.10. The molecular formula is C16H18ClNO4. The third-order valence-corrected chi connectivity index (χ3v) is 4.08. The van der Waals surface area contributed by atoms with E-state index in [-0.39, 0.29) is 18.6 Å². The van der Waals surface area contributed by atoms with E-state index in [9.17, 15) is 9.59 Å². The second-order valence-corrected chi connectivity index (χ2v) is 6.26. The number of amides is 1. The minimum atomic E-state index is -0.783. The van der Waals surface area contributed by atoms with Gasteiger partial charge in [0.15, 0.2) is 6.10 Å². The molecule has 118 valence electrons. The van der Waals surface area contributed by atoms with Gasteiger partial charge < -0.3 is 14.8 Å². The van der Waals surface area contributed by atoms with Gasteiger partial charge in [-0.3, -0.25) is 9.59 Å². The van der Waals surface area contributed by atoms with Crippen LogP contribution in [0.2, 0.25) is 5.02 Å². The minimum Gasteiger partial charge on any atom is -0.492 e. The van der Waals surface area contributed by atoms with Crippen molar-refractivity contribution in [2.24, 2.45) is 5.92 Å². The van der Waals surface area contributed by atoms with Gasteiger partial charge in [0.25, 0.3) is 5.91 Å². The molecule has 0 radical (unpaired) electrons. The molecule has 22 heavy (non-hydrogen) atoms. The monoisotopic (exact) mass is 323 g/mol. The highest BCUT2D eigenvalue weighted by molar-refractivity contribution is 6.30. The van der Waals surface area contributed by atoms with Crippen LogP contribution in [0.15, 0.2) is 18.2 Å². The zero-order valence-electron chi connectivity index (χ0n) is 12.3. The molecule has 0 aromatic heterocycles. The van der Waals surface area contributed by atoms with Crippen LogP contribution >= 0.6 is 11.6 Å². The first-order chi connectivity index (χ1) is 10.5. The summed E-state index contributed by atoms with van der Waals surface area (Å²) in [5.74, 6) is -0.324. The molecule has 2 aliphatic rings. The van der Waals surface area contributed by atoms with E-state index in [0.29, 0.717) is 11.4 Å². The summed E-state index contributed by atoms with van der Waals surface area (Å²) in [6.45, 7) is 1.84. The molecule has 2 atom stereocenters. The van der Waals surface area contributed by atoms with Gasteiger partial charge in [0.2, 0.25) is 0 Å². The van der Waals surface area contributed by atoms with E-state index < -0.39 is 18.0 Å². The zero-order valence-corrected chi connectivity index (χ0v) is 13.1. The number of hydrogen-bond acceptors (Lipinski definition) is 4. The number of ether oxygens (including phenoxy) is 2. The Kier molecular flexibility index (Phi) is 4.25. The lowest BCUT2D eigenvalue weighted by Gasteiger charge is -2.25. The molecule has 6 heteroatoms. The van der Waals surface area contributed by atoms with Crippen molar-refractivity contribution in [1.29, 1.82) is 0 Å². The van der Waals surface area contributed by atoms with Crippen LogP contribution in [0.25, 0.3) is 0 Å². The molecule has 1 fully saturated rings. The molecule has 1 amide bonds. The average molecular weight is 324 g/mol. The number of carbonyl (C=O) groups excluding carboxylic acids is 2. The molecule has 1 aliphatic heterocycles. The van der Waals surface area contributed by atoms with E-state index in [1.54, 1.807) is 25.1 Å². The molecule has 0 saturated heterocycles. The van der Waals surface area contributed by atoms with Gasteiger partial charge in [-0.15, -0.1) is 0 Å². The Morgan fingerprint density at radius 3 is 2.91 bits per heavy atom. The van der Waals surface area contributed by atoms with E-state index in [0.717, 1.165) is 24.2 Å². The van der Waals surface area contributed by atoms with Crippen LogP contribution in [-0.4, -0.2) is 30.6 Å². The first-order valence-corrected chi connectivity index (χ1v) is 7.83. The first kappa shape index (κ1) is 15.2. The summed E-state index contributed by atoms with van der Waals surface area (Å²) in [6.07, 6.45) is 1.72. The summed E-state index contributed by atoms with van der Waals surface area (Å²) in [4.78, 5) is 24.0. The van der Waals surface area contributed by atoms with E-state index in [1.807, 2.05) is 0 Å². The highest BCUT2D eigenvalue weighted by atomic mass is 35.5. The first-order valence-electron chi connectivity index (χ1n) is 7.45. The fraction of sp³-hybridized carbons (Fsp3) is 0.500. The number of benzene rings is 1. The summed E-state index contributed by atoms with van der Waals surface area (Å²) in [7, 11) is 0. The molecule has 1 aromatic carbocycles. The minimum absolute atomic E-state index is 0.240. The van der Waals surface area contributed by atoms with E-state index in [1.165, 1.54) is 0 Å². The topological polar surface area (TPSA) is 64.6 Å². The molecule has 5 nitrogen and oxygen atoms in total. The van der Waals surface area contributed by atoms with Crippen molar-refractivity contribution in [1.82, 2.24) is 5.32 Å². The van der Waals surface area contributed by atoms with Crippen molar-refractivity contribution in [3.05, 3.63) is 28.8 Å². The van der Waals surface area contributed by atoms with E-state index >= 15 is 0 Å². The van der Waals surface area contributed by atoms with Crippen LogP contribution in [0.4, 0.5) is 0 Å². The Hall–Kier alpha value is -1.75. The van der Waals surface area contributed by atoms with Gasteiger partial charge in [-0.2, -0.15) is 0 Å². The molecular weight excluding hydrogens is 306 g/mol. The van der Waals surface area contributed by atoms with Gasteiger partial charge in [-0.25, -0.2) is 0 Å². The quantitative estimate of drug-likeness (QED) is 0.862. The van der Waals surface area contributed by atoms with Crippen molar-refractivity contribution in [3.8, 4) is 5.75 Å². The van der Waals surface area contributed by atoms with Gasteiger partial charge in [-0.05, 0) is 49.9 Å². The van der Waals surface area contributed by atoms with E-state index in [4.69, 9.17) is 21.1 Å². The Morgan fingerprint density at radius 1 is 1.41 bits per heavy atom. The highest BCUT2D eigenvalue weighted by Gasteiger charge is 2.31. The number of carbonyl (C=O) groups is 2. The highest BCUT2D eigenvalue weighted by Crippen LogP contribution is 2.30. The van der Waals surface area contributed by atoms with Crippen LogP contribution in [0.3, 0.4) is 0 Å². The van der Waals surface area contributed by atoms with Crippen molar-refractivity contribution in [2.75, 3.05) is 6.61 Å². The fourth-order valence-corrected chi connectivity index (χ4v) is 2.58. The Bertz CT molecular complexity index is 600. The van der Waals surface area contributed by atoms with Gasteiger partial charge in [-0.1, -0.05) is 11.6 Å². The van der Waals surface area contributed by atoms with Gasteiger partial charge >= 0.3 is 5.97 Å². The molecule has 1 saturated carbocycles. The second kappa shape index (κ2) is 6.16. The van der Waals surface area contributed by atoms with E-state index in [2.05, 4.69) is 5.32 Å². The SMILES string of the molecule is C[C@@H](OC(=O)[C@H]1COc2ccc(Cl)cc2C1)C(=O)NC1CC1. The molecule has 1 N–H and O–H groups in total. The Morgan fingerprint density at radius 2 is 2.18 bits per heavy atom. The molecule has 1 aromatic rings. The summed E-state index contributed by atoms with van der Waals surface area (Å²) < 4.78 is 10.8. The van der Waals surface area contributed by atoms with Crippen molar-refractivity contribution in [2.45, 2.75) is 38.3 Å². The summed E-state index contributed by atoms with van der Waals surface area (Å²) in [6, 6.07) is 5.59. The molecule has 3 rings (SSSR count). The number of esters is 1. The number of hydrogen-bond donors (Lipinski definition) is 1. The average Bonchev–Trinajstić information content (AvgIpc) is 3.30. The summed E-state index contributed by atoms with van der Waals surface area (Å²) in [5, 5.41) is 3.43. The van der Waals surface area contributed by atoms with Crippen molar-refractivity contribution in [3.63, 3.8) is 0 Å². The lowest BCUT2D eigenvalue weighted by atomic mass is 9.97. The maximum Gasteiger partial charge on any atom is 0.313 e. The second-order valence-electron chi connectivity index (χ2n) is 5.83. The molecule has 1 heterocycles. The standard InChI is InChI=1S/C16H18ClNO4/c1-9(15(19)18-13-3-4-13)22-16(20)11-6-10-7-12(17)2-5-14(10)21-8-11/h2,5,7,9,11,13H,3-4,6,8H2,1H3,(H,18,19)/t9-,11-/m1/s1. The third-order valence-electron chi connectivity index (χ3n) is 3.85. The maximum atomic E-state index is 12.2. The molecule has 0 unspecified atom stereocenters. The lowest BCUT2D eigenvalue weighted by molar-refractivity contribution is -0.160. The maximum absolute atomic E-state index is 12.2. The Balaban J connectivity index is 1.57. The predicted molar refractivity (Wildman–Crippen MR) is 80.9 cm³/mol. The zero-order chi connectivity index (χ0) is 15.7. The van der Waals surface area contributed by atoms with Gasteiger partial charge in [0, 0.05) is 11.1 Å². The number of nitrogens with one attached hydrogen (secondary N) is 1. The molecule has 0 bridgehead atoms. The van der Waals surface area contributed by atoms with Gasteiger partial charge in [0.1, 0.15) is 12.4 Å². The van der Waals surface area contributed by atoms with Crippen molar-refractivity contribution < 1.29 is 19.1 Å². The lowest BCUT2D eigenvalue weighted by Crippen LogP contribution is -2.39. The van der Waals surface area contributed by atoms with Crippen LogP contribution in [0.5, 0.6) is 5.75 Å². The smallest absolute Gasteiger partial charge is 0.313 e. The largest absolute Gasteiger partial charge is 0.492 e. The normalized spacial score (nSPS) is 21.3. The number of rotatable bonds is 4. The third kappa shape index (κ3) is 3.53. The fourth-order valence-electron chi connectivity index (χ4n) is 2.38. The number of fused-ring (bicyclic) bond motifs is 1. The van der Waals surface area contributed by atoms with Crippen molar-refractivity contribution >= 4 is 23.5 Å². The van der Waals surface area contributed by atoms with Crippen LogP contribution in [-0.2, 0) is 20.7 Å². The van der Waals surface area contributed by atoms with Gasteiger partial charge in [0.05, 0.1) is 5.92 Å². The molecule has 1 aliphatic carbocycles. The number of halogens is 1. The Labute approximate surface area is 133 Å².